The van der Waals surface area contributed by atoms with E-state index in [1.165, 1.54) is 32.0 Å². The van der Waals surface area contributed by atoms with Crippen molar-refractivity contribution in [3.05, 3.63) is 42.5 Å². The van der Waals surface area contributed by atoms with Crippen LogP contribution in [-0.4, -0.2) is 45.2 Å². The Labute approximate surface area is 142 Å². The van der Waals surface area contributed by atoms with Gasteiger partial charge < -0.3 is 5.32 Å². The van der Waals surface area contributed by atoms with Crippen LogP contribution >= 0.6 is 0 Å². The van der Waals surface area contributed by atoms with Crippen molar-refractivity contribution in [1.29, 1.82) is 0 Å². The molecule has 1 amide bonds. The molecule has 1 aliphatic heterocycles. The van der Waals surface area contributed by atoms with Crippen LogP contribution in [0.3, 0.4) is 0 Å². The number of benzene rings is 1. The van der Waals surface area contributed by atoms with Crippen LogP contribution in [0.25, 0.3) is 5.69 Å². The predicted octanol–water partition coefficient (Wildman–Crippen LogP) is 2.32. The summed E-state index contributed by atoms with van der Waals surface area (Å²) in [6, 6.07) is 8.01. The number of rotatable bonds is 5. The molecule has 1 unspecified atom stereocenters. The Morgan fingerprint density at radius 2 is 1.88 bits per heavy atom. The van der Waals surface area contributed by atoms with Crippen molar-refractivity contribution in [2.24, 2.45) is 0 Å². The number of amides is 1. The molecule has 1 atom stereocenters. The van der Waals surface area contributed by atoms with Crippen molar-refractivity contribution in [2.75, 3.05) is 19.6 Å². The topological polar surface area (TPSA) is 63.1 Å². The van der Waals surface area contributed by atoms with Gasteiger partial charge in [0.05, 0.1) is 18.3 Å². The van der Waals surface area contributed by atoms with Gasteiger partial charge in [-0.25, -0.2) is 9.67 Å². The minimum atomic E-state index is -0.00530. The molecule has 6 heteroatoms. The van der Waals surface area contributed by atoms with E-state index < -0.39 is 0 Å². The van der Waals surface area contributed by atoms with Crippen LogP contribution in [0, 0.1) is 0 Å². The van der Waals surface area contributed by atoms with Gasteiger partial charge in [0.25, 0.3) is 0 Å². The van der Waals surface area contributed by atoms with Crippen molar-refractivity contribution in [3.63, 3.8) is 0 Å². The van der Waals surface area contributed by atoms with Gasteiger partial charge in [0.2, 0.25) is 5.91 Å². The van der Waals surface area contributed by atoms with Crippen molar-refractivity contribution in [1.82, 2.24) is 25.0 Å². The molecular weight excluding hydrogens is 302 g/mol. The Hall–Kier alpha value is -2.21. The van der Waals surface area contributed by atoms with Crippen molar-refractivity contribution < 1.29 is 4.79 Å². The van der Waals surface area contributed by atoms with Gasteiger partial charge in [-0.2, -0.15) is 5.10 Å². The normalized spacial score (nSPS) is 17.2. The van der Waals surface area contributed by atoms with Gasteiger partial charge in [-0.05, 0) is 50.6 Å². The van der Waals surface area contributed by atoms with Crippen LogP contribution < -0.4 is 5.32 Å². The fourth-order valence-electron chi connectivity index (χ4n) is 3.13. The van der Waals surface area contributed by atoms with E-state index in [9.17, 15) is 4.79 Å². The second kappa shape index (κ2) is 8.06. The molecule has 1 saturated heterocycles. The maximum Gasteiger partial charge on any atom is 0.234 e. The van der Waals surface area contributed by atoms with E-state index in [2.05, 4.69) is 20.3 Å². The summed E-state index contributed by atoms with van der Waals surface area (Å²) in [5.41, 5.74) is 2.04. The molecule has 0 radical (unpaired) electrons. The number of nitrogens with one attached hydrogen (secondary N) is 1. The molecule has 6 nitrogen and oxygen atoms in total. The standard InChI is InChI=1S/C18H25N5O/c1-15(21-18(24)12-22-10-4-2-3-5-11-22)16-6-8-17(9-7-16)23-14-19-13-20-23/h6-9,13-15H,2-5,10-12H2,1H3,(H,21,24). The van der Waals surface area contributed by atoms with Crippen LogP contribution in [0.1, 0.15) is 44.2 Å². The first-order valence-corrected chi connectivity index (χ1v) is 8.69. The molecule has 3 rings (SSSR count). The number of likely N-dealkylation sites (tertiary alicyclic amines) is 1. The molecule has 1 aliphatic rings. The minimum absolute atomic E-state index is 0.00530. The highest BCUT2D eigenvalue weighted by atomic mass is 16.2. The Kier molecular flexibility index (Phi) is 5.59. The van der Waals surface area contributed by atoms with Gasteiger partial charge in [0.1, 0.15) is 12.7 Å². The zero-order valence-electron chi connectivity index (χ0n) is 14.2. The minimum Gasteiger partial charge on any atom is -0.348 e. The van der Waals surface area contributed by atoms with E-state index in [4.69, 9.17) is 0 Å². The third-order valence-electron chi connectivity index (χ3n) is 4.52. The van der Waals surface area contributed by atoms with Crippen LogP contribution in [0.4, 0.5) is 0 Å². The van der Waals surface area contributed by atoms with E-state index in [0.29, 0.717) is 6.54 Å². The van der Waals surface area contributed by atoms with Gasteiger partial charge >= 0.3 is 0 Å². The van der Waals surface area contributed by atoms with Gasteiger partial charge in [-0.15, -0.1) is 0 Å². The number of hydrogen-bond acceptors (Lipinski definition) is 4. The molecular formula is C18H25N5O. The lowest BCUT2D eigenvalue weighted by atomic mass is 10.1. The monoisotopic (exact) mass is 327 g/mol. The molecule has 24 heavy (non-hydrogen) atoms. The summed E-state index contributed by atoms with van der Waals surface area (Å²) in [6.07, 6.45) is 8.15. The smallest absolute Gasteiger partial charge is 0.234 e. The molecule has 2 heterocycles. The summed E-state index contributed by atoms with van der Waals surface area (Å²) < 4.78 is 1.71. The Morgan fingerprint density at radius 3 is 2.50 bits per heavy atom. The van der Waals surface area contributed by atoms with Crippen molar-refractivity contribution in [3.8, 4) is 5.69 Å². The molecule has 0 aliphatic carbocycles. The zero-order chi connectivity index (χ0) is 16.8. The third-order valence-corrected chi connectivity index (χ3v) is 4.52. The molecule has 1 aromatic heterocycles. The highest BCUT2D eigenvalue weighted by molar-refractivity contribution is 5.78. The lowest BCUT2D eigenvalue weighted by molar-refractivity contribution is -0.122. The second-order valence-corrected chi connectivity index (χ2v) is 6.41. The highest BCUT2D eigenvalue weighted by Crippen LogP contribution is 2.15. The van der Waals surface area contributed by atoms with Crippen LogP contribution in [0.5, 0.6) is 0 Å². The van der Waals surface area contributed by atoms with Crippen LogP contribution in [0.2, 0.25) is 0 Å². The van der Waals surface area contributed by atoms with Crippen molar-refractivity contribution >= 4 is 5.91 Å². The maximum atomic E-state index is 12.3. The van der Waals surface area contributed by atoms with E-state index >= 15 is 0 Å². The molecule has 0 bridgehead atoms. The number of carbonyl (C=O) groups is 1. The van der Waals surface area contributed by atoms with Gasteiger partial charge in [0.15, 0.2) is 0 Å². The number of aromatic nitrogens is 3. The maximum absolute atomic E-state index is 12.3. The summed E-state index contributed by atoms with van der Waals surface area (Å²) in [4.78, 5) is 18.5. The van der Waals surface area contributed by atoms with E-state index in [0.717, 1.165) is 24.3 Å². The molecule has 1 aromatic carbocycles. The predicted molar refractivity (Wildman–Crippen MR) is 92.8 cm³/mol. The van der Waals surface area contributed by atoms with E-state index in [1.807, 2.05) is 31.2 Å². The summed E-state index contributed by atoms with van der Waals surface area (Å²) in [7, 11) is 0. The molecule has 1 fully saturated rings. The lowest BCUT2D eigenvalue weighted by Gasteiger charge is -2.21. The van der Waals surface area contributed by atoms with Gasteiger partial charge in [-0.3, -0.25) is 9.69 Å². The van der Waals surface area contributed by atoms with E-state index in [-0.39, 0.29) is 11.9 Å². The zero-order valence-corrected chi connectivity index (χ0v) is 14.2. The summed E-state index contributed by atoms with van der Waals surface area (Å²) in [6.45, 7) is 4.59. The Morgan fingerprint density at radius 1 is 1.17 bits per heavy atom. The Balaban J connectivity index is 1.54. The fraction of sp³-hybridized carbons (Fsp3) is 0.500. The first-order valence-electron chi connectivity index (χ1n) is 8.69. The quantitative estimate of drug-likeness (QED) is 0.915. The van der Waals surface area contributed by atoms with Crippen LogP contribution in [0.15, 0.2) is 36.9 Å². The second-order valence-electron chi connectivity index (χ2n) is 6.41. The number of hydrogen-bond donors (Lipinski definition) is 1. The third kappa shape index (κ3) is 4.41. The highest BCUT2D eigenvalue weighted by Gasteiger charge is 2.15. The first-order chi connectivity index (χ1) is 11.7. The first kappa shape index (κ1) is 16.6. The Bertz CT molecular complexity index is 630. The lowest BCUT2D eigenvalue weighted by Crippen LogP contribution is -2.38. The van der Waals surface area contributed by atoms with Crippen molar-refractivity contribution in [2.45, 2.75) is 38.6 Å². The average Bonchev–Trinajstić information content (AvgIpc) is 3.01. The number of carbonyl (C=O) groups excluding carboxylic acids is 1. The summed E-state index contributed by atoms with van der Waals surface area (Å²) in [5.74, 6) is 0.102. The van der Waals surface area contributed by atoms with E-state index in [1.54, 1.807) is 11.0 Å². The largest absolute Gasteiger partial charge is 0.348 e. The fourth-order valence-corrected chi connectivity index (χ4v) is 3.13. The van der Waals surface area contributed by atoms with Gasteiger partial charge in [-0.1, -0.05) is 25.0 Å². The molecule has 0 spiro atoms. The molecule has 0 saturated carbocycles. The summed E-state index contributed by atoms with van der Waals surface area (Å²) in [5, 5.41) is 7.22. The average molecular weight is 327 g/mol. The SMILES string of the molecule is CC(NC(=O)CN1CCCCCC1)c1ccc(-n2cncn2)cc1. The molecule has 2 aromatic rings. The molecule has 1 N–H and O–H groups in total. The number of nitrogens with zero attached hydrogens (tertiary/aromatic N) is 4. The summed E-state index contributed by atoms with van der Waals surface area (Å²) >= 11 is 0. The molecule has 128 valence electrons. The van der Waals surface area contributed by atoms with Gasteiger partial charge in [0, 0.05) is 0 Å². The van der Waals surface area contributed by atoms with Crippen LogP contribution in [-0.2, 0) is 4.79 Å².